The molecule has 26 heavy (non-hydrogen) atoms. The minimum absolute atomic E-state index is 0.0255. The molecule has 4 nitrogen and oxygen atoms in total. The van der Waals surface area contributed by atoms with E-state index in [1.807, 2.05) is 29.2 Å². The molecule has 0 unspecified atom stereocenters. The highest BCUT2D eigenvalue weighted by molar-refractivity contribution is 6.34. The predicted octanol–water partition coefficient (Wildman–Crippen LogP) is 5.25. The molecule has 0 bridgehead atoms. The van der Waals surface area contributed by atoms with Crippen molar-refractivity contribution in [3.05, 3.63) is 70.0 Å². The summed E-state index contributed by atoms with van der Waals surface area (Å²) >= 11 is 12.0. The Kier molecular flexibility index (Phi) is 4.70. The van der Waals surface area contributed by atoms with Crippen LogP contribution in [0.5, 0.6) is 0 Å². The molecule has 1 atom stereocenters. The van der Waals surface area contributed by atoms with Gasteiger partial charge in [0.2, 0.25) is 5.91 Å². The number of carbonyl (C=O) groups is 1. The van der Waals surface area contributed by atoms with Gasteiger partial charge in [0.15, 0.2) is 0 Å². The standard InChI is InChI=1S/C20H17Cl2N3O/c21-14-10-13(11-15(22)12-14)7-8-19(26)25-9-3-6-18(25)20-23-16-4-1-2-5-17(16)24-20/h1-2,4-5,7-8,10-12,18H,3,6,9H2,(H,23,24)/b8-7+/t18-/m0/s1. The Bertz CT molecular complexity index is 942. The van der Waals surface area contributed by atoms with Crippen LogP contribution in [0.15, 0.2) is 48.5 Å². The topological polar surface area (TPSA) is 49.0 Å². The van der Waals surface area contributed by atoms with Crippen molar-refractivity contribution >= 4 is 46.2 Å². The molecule has 0 spiro atoms. The van der Waals surface area contributed by atoms with Gasteiger partial charge in [0.05, 0.1) is 17.1 Å². The third-order valence-corrected chi connectivity index (χ3v) is 5.00. The van der Waals surface area contributed by atoms with E-state index in [0.29, 0.717) is 10.0 Å². The number of para-hydroxylation sites is 2. The summed E-state index contributed by atoms with van der Waals surface area (Å²) in [6, 6.07) is 13.1. The van der Waals surface area contributed by atoms with E-state index in [9.17, 15) is 4.79 Å². The Labute approximate surface area is 161 Å². The Morgan fingerprint density at radius 1 is 1.19 bits per heavy atom. The van der Waals surface area contributed by atoms with Crippen LogP contribution in [0.3, 0.4) is 0 Å². The number of halogens is 2. The zero-order valence-corrected chi connectivity index (χ0v) is 15.5. The monoisotopic (exact) mass is 385 g/mol. The molecule has 1 saturated heterocycles. The molecule has 1 N–H and O–H groups in total. The molecule has 6 heteroatoms. The number of aromatic nitrogens is 2. The fraction of sp³-hybridized carbons (Fsp3) is 0.200. The van der Waals surface area contributed by atoms with Crippen LogP contribution >= 0.6 is 23.2 Å². The van der Waals surface area contributed by atoms with E-state index in [4.69, 9.17) is 23.2 Å². The number of benzene rings is 2. The molecule has 0 saturated carbocycles. The number of carbonyl (C=O) groups excluding carboxylic acids is 1. The first-order valence-electron chi connectivity index (χ1n) is 8.49. The number of imidazole rings is 1. The molecule has 2 aromatic carbocycles. The first-order valence-corrected chi connectivity index (χ1v) is 9.25. The van der Waals surface area contributed by atoms with Crippen LogP contribution in [-0.2, 0) is 4.79 Å². The van der Waals surface area contributed by atoms with Gasteiger partial charge in [-0.25, -0.2) is 4.98 Å². The maximum Gasteiger partial charge on any atom is 0.247 e. The second-order valence-corrected chi connectivity index (χ2v) is 7.24. The third-order valence-electron chi connectivity index (χ3n) is 4.56. The van der Waals surface area contributed by atoms with Crippen molar-refractivity contribution in [1.82, 2.24) is 14.9 Å². The SMILES string of the molecule is O=C(/C=C/c1cc(Cl)cc(Cl)c1)N1CCC[C@H]1c1nc2ccccc2[nH]1. The van der Waals surface area contributed by atoms with Gasteiger partial charge in [0.1, 0.15) is 5.82 Å². The smallest absolute Gasteiger partial charge is 0.247 e. The highest BCUT2D eigenvalue weighted by Crippen LogP contribution is 2.31. The maximum absolute atomic E-state index is 12.7. The lowest BCUT2D eigenvalue weighted by atomic mass is 10.2. The lowest BCUT2D eigenvalue weighted by molar-refractivity contribution is -0.126. The number of nitrogens with zero attached hydrogens (tertiary/aromatic N) is 2. The van der Waals surface area contributed by atoms with Gasteiger partial charge in [-0.15, -0.1) is 0 Å². The average Bonchev–Trinajstić information content (AvgIpc) is 3.25. The summed E-state index contributed by atoms with van der Waals surface area (Å²) in [6.07, 6.45) is 5.18. The lowest BCUT2D eigenvalue weighted by Gasteiger charge is -2.21. The number of rotatable bonds is 3. The highest BCUT2D eigenvalue weighted by atomic mass is 35.5. The number of aromatic amines is 1. The van der Waals surface area contributed by atoms with Crippen molar-refractivity contribution in [2.75, 3.05) is 6.54 Å². The number of nitrogens with one attached hydrogen (secondary N) is 1. The Morgan fingerprint density at radius 3 is 2.73 bits per heavy atom. The average molecular weight is 386 g/mol. The second kappa shape index (κ2) is 7.14. The van der Waals surface area contributed by atoms with Crippen LogP contribution in [0.25, 0.3) is 17.1 Å². The van der Waals surface area contributed by atoms with E-state index in [2.05, 4.69) is 9.97 Å². The number of hydrogen-bond donors (Lipinski definition) is 1. The molecule has 2 heterocycles. The first-order chi connectivity index (χ1) is 12.6. The van der Waals surface area contributed by atoms with Crippen LogP contribution in [-0.4, -0.2) is 27.3 Å². The fourth-order valence-electron chi connectivity index (χ4n) is 3.38. The molecule has 1 aliphatic heterocycles. The third kappa shape index (κ3) is 3.48. The van der Waals surface area contributed by atoms with Gasteiger partial charge >= 0.3 is 0 Å². The quantitative estimate of drug-likeness (QED) is 0.626. The van der Waals surface area contributed by atoms with Gasteiger partial charge in [-0.05, 0) is 54.8 Å². The zero-order valence-electron chi connectivity index (χ0n) is 14.0. The summed E-state index contributed by atoms with van der Waals surface area (Å²) in [5.74, 6) is 0.806. The molecule has 3 aromatic rings. The van der Waals surface area contributed by atoms with Crippen molar-refractivity contribution in [1.29, 1.82) is 0 Å². The molecular formula is C20H17Cl2N3O. The summed E-state index contributed by atoms with van der Waals surface area (Å²) in [6.45, 7) is 0.723. The molecule has 0 radical (unpaired) electrons. The minimum Gasteiger partial charge on any atom is -0.340 e. The van der Waals surface area contributed by atoms with Gasteiger partial charge in [-0.3, -0.25) is 4.79 Å². The number of amides is 1. The van der Waals surface area contributed by atoms with Crippen molar-refractivity contribution in [2.24, 2.45) is 0 Å². The molecule has 1 aromatic heterocycles. The number of hydrogen-bond acceptors (Lipinski definition) is 2. The van der Waals surface area contributed by atoms with Crippen LogP contribution < -0.4 is 0 Å². The normalized spacial score (nSPS) is 17.5. The van der Waals surface area contributed by atoms with E-state index in [-0.39, 0.29) is 11.9 Å². The van der Waals surface area contributed by atoms with Crippen molar-refractivity contribution in [3.63, 3.8) is 0 Å². The molecule has 1 amide bonds. The summed E-state index contributed by atoms with van der Waals surface area (Å²) in [5, 5.41) is 1.09. The van der Waals surface area contributed by atoms with Crippen LogP contribution in [0, 0.1) is 0 Å². The summed E-state index contributed by atoms with van der Waals surface area (Å²) in [7, 11) is 0. The van der Waals surface area contributed by atoms with Gasteiger partial charge in [-0.2, -0.15) is 0 Å². The van der Waals surface area contributed by atoms with E-state index >= 15 is 0 Å². The van der Waals surface area contributed by atoms with Crippen LogP contribution in [0.4, 0.5) is 0 Å². The first kappa shape index (κ1) is 17.1. The molecular weight excluding hydrogens is 369 g/mol. The van der Waals surface area contributed by atoms with E-state index in [0.717, 1.165) is 41.8 Å². The van der Waals surface area contributed by atoms with Crippen LogP contribution in [0.2, 0.25) is 10.0 Å². The summed E-state index contributed by atoms with van der Waals surface area (Å²) in [4.78, 5) is 22.6. The summed E-state index contributed by atoms with van der Waals surface area (Å²) < 4.78 is 0. The molecule has 1 aliphatic rings. The molecule has 132 valence electrons. The van der Waals surface area contributed by atoms with Gasteiger partial charge < -0.3 is 9.88 Å². The predicted molar refractivity (Wildman–Crippen MR) is 105 cm³/mol. The number of likely N-dealkylation sites (tertiary alicyclic amines) is 1. The molecule has 4 rings (SSSR count). The Balaban J connectivity index is 1.55. The van der Waals surface area contributed by atoms with Gasteiger partial charge in [0.25, 0.3) is 0 Å². The van der Waals surface area contributed by atoms with Crippen LogP contribution in [0.1, 0.15) is 30.3 Å². The lowest BCUT2D eigenvalue weighted by Crippen LogP contribution is -2.29. The van der Waals surface area contributed by atoms with E-state index in [1.54, 1.807) is 30.4 Å². The zero-order chi connectivity index (χ0) is 18.1. The molecule has 1 fully saturated rings. The van der Waals surface area contributed by atoms with Crippen molar-refractivity contribution < 1.29 is 4.79 Å². The maximum atomic E-state index is 12.7. The number of fused-ring (bicyclic) bond motifs is 1. The fourth-order valence-corrected chi connectivity index (χ4v) is 3.92. The molecule has 0 aliphatic carbocycles. The van der Waals surface area contributed by atoms with Gasteiger partial charge in [0, 0.05) is 22.7 Å². The minimum atomic E-state index is -0.0379. The van der Waals surface area contributed by atoms with E-state index < -0.39 is 0 Å². The number of H-pyrrole nitrogens is 1. The highest BCUT2D eigenvalue weighted by Gasteiger charge is 2.31. The van der Waals surface area contributed by atoms with Crippen molar-refractivity contribution in [3.8, 4) is 0 Å². The van der Waals surface area contributed by atoms with Crippen molar-refractivity contribution in [2.45, 2.75) is 18.9 Å². The Morgan fingerprint density at radius 2 is 1.96 bits per heavy atom. The van der Waals surface area contributed by atoms with E-state index in [1.165, 1.54) is 0 Å². The Hall–Kier alpha value is -2.30. The summed E-state index contributed by atoms with van der Waals surface area (Å²) in [5.41, 5.74) is 2.71. The second-order valence-electron chi connectivity index (χ2n) is 6.36. The van der Waals surface area contributed by atoms with Gasteiger partial charge in [-0.1, -0.05) is 35.3 Å². The largest absolute Gasteiger partial charge is 0.340 e.